The lowest BCUT2D eigenvalue weighted by Crippen LogP contribution is -2.40. The van der Waals surface area contributed by atoms with E-state index in [9.17, 15) is 10.5 Å². The van der Waals surface area contributed by atoms with E-state index in [0.717, 1.165) is 44.7 Å². The fourth-order valence-electron chi connectivity index (χ4n) is 14.6. The second-order valence-electron chi connectivity index (χ2n) is 21.2. The normalized spacial score (nSPS) is 19.6. The number of nitriles is 2. The second-order valence-corrected chi connectivity index (χ2v) is 21.2. The Balaban J connectivity index is 0.730. The molecule has 0 amide bonds. The molecule has 0 bridgehead atoms. The summed E-state index contributed by atoms with van der Waals surface area (Å²) in [5.74, 6) is 1.35. The van der Waals surface area contributed by atoms with Gasteiger partial charge in [0.05, 0.1) is 45.3 Å². The Morgan fingerprint density at radius 3 is 1.35 bits per heavy atom. The van der Waals surface area contributed by atoms with Gasteiger partial charge in [-0.05, 0) is 140 Å². The maximum atomic E-state index is 10.7. The predicted molar refractivity (Wildman–Crippen MR) is 303 cm³/mol. The number of para-hydroxylation sites is 5. The van der Waals surface area contributed by atoms with Crippen LogP contribution in [0.25, 0.3) is 99.0 Å². The summed E-state index contributed by atoms with van der Waals surface area (Å²) in [6, 6.07) is 78.5. The standard InChI is InChI=1S/C68H52N6/c69-41-45-38-58(44-27-31-48(32-28-44)72-66-24-12-6-18-56(66)60-40-50(34-36-68(60)72)74-63-21-9-3-15-53(63)54-16-4-10-22-64(54)74)46(42-70)37-57(45)43-25-29-47(30-26-43)71-65-23-11-5-17-55(65)59-39-49(33-35-67(59)71)73-61-19-7-1-13-51(61)52-14-2-8-20-62(52)73/h1-5,7-11,13-17,19-23,25-33,35,37-39,50,56,60,66,68H,6,12,18,24,34,36,40H2. The Hall–Kier alpha value is -8.84. The van der Waals surface area contributed by atoms with Gasteiger partial charge in [-0.3, -0.25) is 0 Å². The van der Waals surface area contributed by atoms with Gasteiger partial charge in [0.2, 0.25) is 0 Å². The number of anilines is 1. The van der Waals surface area contributed by atoms with Crippen molar-refractivity contribution in [2.24, 2.45) is 11.8 Å². The van der Waals surface area contributed by atoms with Crippen molar-refractivity contribution in [3.8, 4) is 45.8 Å². The highest BCUT2D eigenvalue weighted by atomic mass is 15.2. The van der Waals surface area contributed by atoms with Crippen LogP contribution in [0.5, 0.6) is 0 Å². The first-order chi connectivity index (χ1) is 36.6. The van der Waals surface area contributed by atoms with Crippen LogP contribution >= 0.6 is 0 Å². The summed E-state index contributed by atoms with van der Waals surface area (Å²) in [7, 11) is 0. The molecular weight excluding hydrogens is 901 g/mol. The highest BCUT2D eigenvalue weighted by molar-refractivity contribution is 6.12. The smallest absolute Gasteiger partial charge is 0.0998 e. The molecule has 12 aromatic rings. The average Bonchev–Trinajstić information content (AvgIpc) is 4.20. The third-order valence-corrected chi connectivity index (χ3v) is 17.7. The highest BCUT2D eigenvalue weighted by Gasteiger charge is 2.51. The third kappa shape index (κ3) is 6.41. The highest BCUT2D eigenvalue weighted by Crippen LogP contribution is 2.54. The van der Waals surface area contributed by atoms with Gasteiger partial charge in [0.15, 0.2) is 0 Å². The molecule has 15 rings (SSSR count). The summed E-state index contributed by atoms with van der Waals surface area (Å²) < 4.78 is 7.40. The van der Waals surface area contributed by atoms with E-state index >= 15 is 0 Å². The topological polar surface area (TPSA) is 65.6 Å². The van der Waals surface area contributed by atoms with Gasteiger partial charge in [0, 0.05) is 89.7 Å². The second kappa shape index (κ2) is 16.9. The number of aromatic nitrogens is 3. The number of benzene rings is 9. The Kier molecular flexibility index (Phi) is 9.76. The molecule has 5 unspecified atom stereocenters. The van der Waals surface area contributed by atoms with E-state index in [4.69, 9.17) is 0 Å². The molecule has 9 aromatic carbocycles. The lowest BCUT2D eigenvalue weighted by Gasteiger charge is -2.39. The minimum atomic E-state index is 0.485. The number of hydrogen-bond donors (Lipinski definition) is 0. The number of rotatable bonds is 6. The Labute approximate surface area is 430 Å². The van der Waals surface area contributed by atoms with Gasteiger partial charge in [0.1, 0.15) is 0 Å². The molecule has 5 atom stereocenters. The fourth-order valence-corrected chi connectivity index (χ4v) is 14.6. The van der Waals surface area contributed by atoms with Crippen molar-refractivity contribution in [1.29, 1.82) is 10.5 Å². The fraction of sp³-hybridized carbons (Fsp3) is 0.176. The zero-order valence-corrected chi connectivity index (χ0v) is 41.1. The van der Waals surface area contributed by atoms with Crippen molar-refractivity contribution in [2.45, 2.75) is 63.1 Å². The molecule has 3 aromatic heterocycles. The quantitative estimate of drug-likeness (QED) is 0.167. The molecule has 0 radical (unpaired) electrons. The number of fused-ring (bicyclic) bond motifs is 12. The van der Waals surface area contributed by atoms with Crippen LogP contribution in [0.15, 0.2) is 200 Å². The Morgan fingerprint density at radius 1 is 0.365 bits per heavy atom. The van der Waals surface area contributed by atoms with E-state index in [0.29, 0.717) is 41.1 Å². The summed E-state index contributed by atoms with van der Waals surface area (Å²) in [6.45, 7) is 0. The molecule has 0 N–H and O–H groups in total. The maximum Gasteiger partial charge on any atom is 0.0998 e. The van der Waals surface area contributed by atoms with Crippen LogP contribution in [0, 0.1) is 34.5 Å². The summed E-state index contributed by atoms with van der Waals surface area (Å²) in [5.41, 5.74) is 15.3. The van der Waals surface area contributed by atoms with Gasteiger partial charge in [-0.25, -0.2) is 0 Å². The van der Waals surface area contributed by atoms with Gasteiger partial charge in [-0.1, -0.05) is 128 Å². The molecule has 6 nitrogen and oxygen atoms in total. The maximum absolute atomic E-state index is 10.7. The molecule has 1 saturated heterocycles. The van der Waals surface area contributed by atoms with Crippen molar-refractivity contribution in [2.75, 3.05) is 4.90 Å². The van der Waals surface area contributed by atoms with Gasteiger partial charge >= 0.3 is 0 Å². The zero-order chi connectivity index (χ0) is 49.0. The van der Waals surface area contributed by atoms with Gasteiger partial charge in [-0.2, -0.15) is 10.5 Å². The lowest BCUT2D eigenvalue weighted by molar-refractivity contribution is 0.194. The summed E-state index contributed by atoms with van der Waals surface area (Å²) in [5, 5.41) is 29.0. The van der Waals surface area contributed by atoms with Gasteiger partial charge < -0.3 is 18.6 Å². The van der Waals surface area contributed by atoms with Crippen LogP contribution in [0.4, 0.5) is 5.69 Å². The first-order valence-electron chi connectivity index (χ1n) is 26.6. The molecule has 4 heterocycles. The molecule has 74 heavy (non-hydrogen) atoms. The third-order valence-electron chi connectivity index (χ3n) is 17.7. The largest absolute Gasteiger partial charge is 0.365 e. The molecule has 3 aliphatic rings. The summed E-state index contributed by atoms with van der Waals surface area (Å²) >= 11 is 0. The molecular formula is C68H52N6. The minimum Gasteiger partial charge on any atom is -0.365 e. The van der Waals surface area contributed by atoms with Gasteiger partial charge in [-0.15, -0.1) is 0 Å². The number of hydrogen-bond acceptors (Lipinski definition) is 3. The van der Waals surface area contributed by atoms with E-state index in [1.807, 2.05) is 12.1 Å². The Morgan fingerprint density at radius 2 is 0.797 bits per heavy atom. The first kappa shape index (κ1) is 42.8. The minimum absolute atomic E-state index is 0.485. The van der Waals surface area contributed by atoms with Crippen LogP contribution in [0.1, 0.15) is 62.1 Å². The monoisotopic (exact) mass is 952 g/mol. The summed E-state index contributed by atoms with van der Waals surface area (Å²) in [4.78, 5) is 2.82. The van der Waals surface area contributed by atoms with Gasteiger partial charge in [0.25, 0.3) is 0 Å². The Bertz CT molecular complexity index is 4200. The molecule has 2 aliphatic carbocycles. The lowest BCUT2D eigenvalue weighted by atomic mass is 9.72. The van der Waals surface area contributed by atoms with E-state index in [1.54, 1.807) is 0 Å². The van der Waals surface area contributed by atoms with Crippen molar-refractivity contribution in [3.05, 3.63) is 211 Å². The molecule has 0 spiro atoms. The van der Waals surface area contributed by atoms with Crippen LogP contribution in [-0.2, 0) is 0 Å². The van der Waals surface area contributed by atoms with Crippen molar-refractivity contribution >= 4 is 71.1 Å². The average molecular weight is 953 g/mol. The molecule has 1 aliphatic heterocycles. The number of nitrogens with zero attached hydrogens (tertiary/aromatic N) is 6. The van der Waals surface area contributed by atoms with Crippen LogP contribution < -0.4 is 4.90 Å². The van der Waals surface area contributed by atoms with Crippen molar-refractivity contribution in [1.82, 2.24) is 13.7 Å². The molecule has 6 heteroatoms. The summed E-state index contributed by atoms with van der Waals surface area (Å²) in [6.07, 6.45) is 8.73. The van der Waals surface area contributed by atoms with Crippen molar-refractivity contribution < 1.29 is 0 Å². The van der Waals surface area contributed by atoms with Crippen LogP contribution in [0.2, 0.25) is 0 Å². The zero-order valence-electron chi connectivity index (χ0n) is 41.1. The molecule has 3 fully saturated rings. The van der Waals surface area contributed by atoms with E-state index < -0.39 is 0 Å². The predicted octanol–water partition coefficient (Wildman–Crippen LogP) is 16.9. The van der Waals surface area contributed by atoms with Crippen LogP contribution in [-0.4, -0.2) is 25.8 Å². The van der Waals surface area contributed by atoms with E-state index in [1.165, 1.54) is 105 Å². The van der Waals surface area contributed by atoms with Crippen LogP contribution in [0.3, 0.4) is 0 Å². The molecule has 354 valence electrons. The SMILES string of the molecule is N#Cc1cc(-c2ccc(-n3c4ccccc4c4cc(-n5c6ccccc6c6ccccc65)ccc43)cc2)c(C#N)cc1-c1ccc(N2C3CCCCC3C3CC(n4c5ccccc5c5ccccc54)CCC32)cc1. The van der Waals surface area contributed by atoms with E-state index in [2.05, 4.69) is 219 Å². The molecule has 2 saturated carbocycles. The van der Waals surface area contributed by atoms with E-state index in [-0.39, 0.29) is 0 Å². The first-order valence-corrected chi connectivity index (χ1v) is 26.6. The van der Waals surface area contributed by atoms with Crippen molar-refractivity contribution in [3.63, 3.8) is 0 Å².